The summed E-state index contributed by atoms with van der Waals surface area (Å²) < 4.78 is 5.74. The van der Waals surface area contributed by atoms with Gasteiger partial charge in [0, 0.05) is 23.4 Å². The zero-order valence-electron chi connectivity index (χ0n) is 13.1. The van der Waals surface area contributed by atoms with Gasteiger partial charge in [-0.05, 0) is 37.1 Å². The number of aromatic amines is 1. The lowest BCUT2D eigenvalue weighted by Crippen LogP contribution is -2.39. The van der Waals surface area contributed by atoms with E-state index in [0.29, 0.717) is 22.9 Å². The van der Waals surface area contributed by atoms with E-state index in [-0.39, 0.29) is 23.7 Å². The summed E-state index contributed by atoms with van der Waals surface area (Å²) in [5.74, 6) is 0. The fraction of sp³-hybridized carbons (Fsp3) is 0.294. The minimum Gasteiger partial charge on any atom is -0.371 e. The van der Waals surface area contributed by atoms with Gasteiger partial charge < -0.3 is 20.4 Å². The van der Waals surface area contributed by atoms with Crippen LogP contribution >= 0.6 is 11.6 Å². The molecule has 0 saturated carbocycles. The second-order valence-electron chi connectivity index (χ2n) is 5.74. The average molecular weight is 348 g/mol. The lowest BCUT2D eigenvalue weighted by molar-refractivity contribution is 0.100. The Morgan fingerprint density at radius 2 is 2.08 bits per heavy atom. The van der Waals surface area contributed by atoms with Crippen LogP contribution in [-0.4, -0.2) is 23.7 Å². The predicted octanol–water partition coefficient (Wildman–Crippen LogP) is 2.99. The Morgan fingerprint density at radius 1 is 1.33 bits per heavy atom. The molecular weight excluding hydrogens is 330 g/mol. The van der Waals surface area contributed by atoms with Crippen LogP contribution in [-0.2, 0) is 4.74 Å². The molecule has 7 heteroatoms. The van der Waals surface area contributed by atoms with E-state index in [9.17, 15) is 9.59 Å². The van der Waals surface area contributed by atoms with E-state index in [1.165, 1.54) is 6.20 Å². The van der Waals surface area contributed by atoms with Crippen molar-refractivity contribution in [3.63, 3.8) is 0 Å². The molecular formula is C17H18ClN3O3. The molecule has 24 heavy (non-hydrogen) atoms. The van der Waals surface area contributed by atoms with Crippen LogP contribution in [0.4, 0.5) is 10.5 Å². The van der Waals surface area contributed by atoms with E-state index in [1.807, 2.05) is 12.1 Å². The van der Waals surface area contributed by atoms with E-state index in [1.54, 1.807) is 25.1 Å². The molecule has 0 aliphatic carbocycles. The maximum absolute atomic E-state index is 12.2. The van der Waals surface area contributed by atoms with E-state index in [0.717, 1.165) is 12.0 Å². The van der Waals surface area contributed by atoms with E-state index in [2.05, 4.69) is 15.6 Å². The maximum atomic E-state index is 12.2. The van der Waals surface area contributed by atoms with Crippen LogP contribution in [0, 0.1) is 6.92 Å². The van der Waals surface area contributed by atoms with Crippen molar-refractivity contribution in [1.82, 2.24) is 10.3 Å². The van der Waals surface area contributed by atoms with Crippen molar-refractivity contribution in [1.29, 1.82) is 0 Å². The summed E-state index contributed by atoms with van der Waals surface area (Å²) in [5.41, 5.74) is 1.87. The first-order chi connectivity index (χ1) is 11.5. The number of H-pyrrole nitrogens is 1. The molecule has 0 bridgehead atoms. The molecule has 1 saturated heterocycles. The number of nitrogens with one attached hydrogen (secondary N) is 3. The predicted molar refractivity (Wildman–Crippen MR) is 92.5 cm³/mol. The van der Waals surface area contributed by atoms with Crippen molar-refractivity contribution in [2.24, 2.45) is 0 Å². The largest absolute Gasteiger partial charge is 0.371 e. The van der Waals surface area contributed by atoms with Gasteiger partial charge in [0.15, 0.2) is 0 Å². The Balaban J connectivity index is 1.65. The third kappa shape index (κ3) is 3.77. The smallest absolute Gasteiger partial charge is 0.319 e. The summed E-state index contributed by atoms with van der Waals surface area (Å²) >= 11 is 5.91. The van der Waals surface area contributed by atoms with Gasteiger partial charge in [0.1, 0.15) is 6.10 Å². The minimum atomic E-state index is -0.337. The summed E-state index contributed by atoms with van der Waals surface area (Å²) in [6.45, 7) is 2.26. The molecule has 2 amide bonds. The second kappa shape index (κ2) is 7.07. The minimum absolute atomic E-state index is 0.130. The topological polar surface area (TPSA) is 83.2 Å². The number of urea groups is 1. The number of hydrogen-bond donors (Lipinski definition) is 3. The number of anilines is 1. The van der Waals surface area contributed by atoms with Crippen LogP contribution in [0.15, 0.2) is 41.3 Å². The molecule has 2 heterocycles. The van der Waals surface area contributed by atoms with Crippen LogP contribution in [0.5, 0.6) is 0 Å². The molecule has 2 atom stereocenters. The Hall–Kier alpha value is -2.31. The van der Waals surface area contributed by atoms with Crippen LogP contribution in [0.1, 0.15) is 23.7 Å². The van der Waals surface area contributed by atoms with E-state index in [4.69, 9.17) is 16.3 Å². The summed E-state index contributed by atoms with van der Waals surface area (Å²) in [5, 5.41) is 6.31. The highest BCUT2D eigenvalue weighted by atomic mass is 35.5. The fourth-order valence-electron chi connectivity index (χ4n) is 2.72. The van der Waals surface area contributed by atoms with Crippen molar-refractivity contribution in [2.45, 2.75) is 25.5 Å². The van der Waals surface area contributed by atoms with Crippen molar-refractivity contribution in [3.8, 4) is 0 Å². The van der Waals surface area contributed by atoms with Crippen LogP contribution in [0.3, 0.4) is 0 Å². The molecule has 126 valence electrons. The number of pyridine rings is 1. The molecule has 3 rings (SSSR count). The summed E-state index contributed by atoms with van der Waals surface area (Å²) in [7, 11) is 0. The highest BCUT2D eigenvalue weighted by molar-refractivity contribution is 6.30. The molecule has 2 aromatic rings. The van der Waals surface area contributed by atoms with Gasteiger partial charge in [-0.1, -0.05) is 23.7 Å². The first kappa shape index (κ1) is 16.5. The quantitative estimate of drug-likeness (QED) is 0.798. The zero-order valence-corrected chi connectivity index (χ0v) is 13.9. The number of benzene rings is 1. The van der Waals surface area contributed by atoms with Gasteiger partial charge >= 0.3 is 6.03 Å². The lowest BCUT2D eigenvalue weighted by atomic mass is 10.0. The van der Waals surface area contributed by atoms with Gasteiger partial charge in [-0.2, -0.15) is 0 Å². The Morgan fingerprint density at radius 3 is 2.79 bits per heavy atom. The first-order valence-corrected chi connectivity index (χ1v) is 8.04. The SMILES string of the molecule is Cc1cc(NC(=O)NC2CCOC2c2ccc(Cl)cc2)c[nH]c1=O. The number of ether oxygens (including phenoxy) is 1. The van der Waals surface area contributed by atoms with Gasteiger partial charge in [-0.15, -0.1) is 0 Å². The van der Waals surface area contributed by atoms with Crippen molar-refractivity contribution in [2.75, 3.05) is 11.9 Å². The lowest BCUT2D eigenvalue weighted by Gasteiger charge is -2.20. The summed E-state index contributed by atoms with van der Waals surface area (Å²) in [4.78, 5) is 26.1. The Bertz CT molecular complexity index is 788. The van der Waals surface area contributed by atoms with Gasteiger partial charge in [-0.25, -0.2) is 4.79 Å². The second-order valence-corrected chi connectivity index (χ2v) is 6.17. The maximum Gasteiger partial charge on any atom is 0.319 e. The summed E-state index contributed by atoms with van der Waals surface area (Å²) in [6, 6.07) is 8.57. The normalized spacial score (nSPS) is 19.9. The first-order valence-electron chi connectivity index (χ1n) is 7.67. The Labute approximate surface area is 144 Å². The van der Waals surface area contributed by atoms with Gasteiger partial charge in [-0.3, -0.25) is 4.79 Å². The number of amides is 2. The number of carbonyl (C=O) groups excluding carboxylic acids is 1. The molecule has 3 N–H and O–H groups in total. The number of carbonyl (C=O) groups is 1. The third-order valence-corrected chi connectivity index (χ3v) is 4.21. The zero-order chi connectivity index (χ0) is 17.1. The summed E-state index contributed by atoms with van der Waals surface area (Å²) in [6.07, 6.45) is 1.99. The monoisotopic (exact) mass is 347 g/mol. The molecule has 0 radical (unpaired) electrons. The van der Waals surface area contributed by atoms with E-state index < -0.39 is 0 Å². The molecule has 1 aromatic carbocycles. The molecule has 0 spiro atoms. The van der Waals surface area contributed by atoms with E-state index >= 15 is 0 Å². The molecule has 2 unspecified atom stereocenters. The van der Waals surface area contributed by atoms with Crippen molar-refractivity contribution < 1.29 is 9.53 Å². The van der Waals surface area contributed by atoms with Crippen molar-refractivity contribution in [3.05, 3.63) is 63.0 Å². The van der Waals surface area contributed by atoms with Gasteiger partial charge in [0.25, 0.3) is 5.56 Å². The highest BCUT2D eigenvalue weighted by Crippen LogP contribution is 2.30. The number of aromatic nitrogens is 1. The molecule has 6 nitrogen and oxygen atoms in total. The van der Waals surface area contributed by atoms with Crippen LogP contribution in [0.2, 0.25) is 5.02 Å². The number of aryl methyl sites for hydroxylation is 1. The molecule has 1 aliphatic heterocycles. The number of rotatable bonds is 3. The fourth-order valence-corrected chi connectivity index (χ4v) is 2.85. The van der Waals surface area contributed by atoms with Gasteiger partial charge in [0.05, 0.1) is 11.7 Å². The van der Waals surface area contributed by atoms with Crippen molar-refractivity contribution >= 4 is 23.3 Å². The Kier molecular flexibility index (Phi) is 4.87. The number of hydrogen-bond acceptors (Lipinski definition) is 3. The number of halogens is 1. The van der Waals surface area contributed by atoms with Crippen LogP contribution in [0.25, 0.3) is 0 Å². The molecule has 1 aliphatic rings. The average Bonchev–Trinajstić information content (AvgIpc) is 2.99. The standard InChI is InChI=1S/C17H18ClN3O3/c1-10-8-13(9-19-16(10)22)20-17(23)21-14-6-7-24-15(14)11-2-4-12(18)5-3-11/h2-5,8-9,14-15H,6-7H2,1H3,(H,19,22)(H2,20,21,23). The molecule has 1 fully saturated rings. The molecule has 1 aromatic heterocycles. The highest BCUT2D eigenvalue weighted by Gasteiger charge is 2.30. The third-order valence-electron chi connectivity index (χ3n) is 3.95. The van der Waals surface area contributed by atoms with Crippen LogP contribution < -0.4 is 16.2 Å². The van der Waals surface area contributed by atoms with Gasteiger partial charge in [0.2, 0.25) is 0 Å².